The van der Waals surface area contributed by atoms with E-state index in [0.717, 1.165) is 26.3 Å². The van der Waals surface area contributed by atoms with Crippen molar-refractivity contribution < 1.29 is 4.74 Å². The van der Waals surface area contributed by atoms with Crippen LogP contribution in [0.5, 0.6) is 0 Å². The summed E-state index contributed by atoms with van der Waals surface area (Å²) < 4.78 is 5.53. The van der Waals surface area contributed by atoms with E-state index < -0.39 is 0 Å². The molecule has 1 saturated heterocycles. The minimum atomic E-state index is 0.261. The highest BCUT2D eigenvalue weighted by Gasteiger charge is 2.20. The Hall–Kier alpha value is -0.120. The fourth-order valence-electron chi connectivity index (χ4n) is 2.44. The first kappa shape index (κ1) is 15.9. The number of unbranched alkanes of at least 4 members (excludes halogenated alkanes) is 2. The summed E-state index contributed by atoms with van der Waals surface area (Å²) in [5.41, 5.74) is 0.261. The fourth-order valence-corrected chi connectivity index (χ4v) is 2.44. The van der Waals surface area contributed by atoms with Crippen LogP contribution in [-0.4, -0.2) is 49.3 Å². The topological polar surface area (TPSA) is 24.5 Å². The summed E-state index contributed by atoms with van der Waals surface area (Å²) in [6.45, 7) is 14.3. The maximum absolute atomic E-state index is 5.53. The highest BCUT2D eigenvalue weighted by atomic mass is 16.5. The van der Waals surface area contributed by atoms with E-state index in [1.165, 1.54) is 32.2 Å². The van der Waals surface area contributed by atoms with Crippen LogP contribution >= 0.6 is 0 Å². The predicted molar refractivity (Wildman–Crippen MR) is 78.1 cm³/mol. The van der Waals surface area contributed by atoms with Gasteiger partial charge in [-0.2, -0.15) is 0 Å². The molecule has 1 rings (SSSR count). The maximum Gasteiger partial charge on any atom is 0.0622 e. The zero-order valence-corrected chi connectivity index (χ0v) is 12.8. The van der Waals surface area contributed by atoms with Crippen molar-refractivity contribution in [1.29, 1.82) is 0 Å². The molecular formula is C15H32N2O. The third-order valence-corrected chi connectivity index (χ3v) is 3.60. The van der Waals surface area contributed by atoms with Crippen molar-refractivity contribution in [1.82, 2.24) is 10.2 Å². The van der Waals surface area contributed by atoms with Crippen LogP contribution in [-0.2, 0) is 4.74 Å². The number of hydrogen-bond acceptors (Lipinski definition) is 3. The van der Waals surface area contributed by atoms with Crippen molar-refractivity contribution in [3.8, 4) is 0 Å². The van der Waals surface area contributed by atoms with Gasteiger partial charge in [-0.3, -0.25) is 4.90 Å². The van der Waals surface area contributed by atoms with Crippen molar-refractivity contribution in [3.05, 3.63) is 0 Å². The van der Waals surface area contributed by atoms with Crippen LogP contribution in [0, 0.1) is 0 Å². The van der Waals surface area contributed by atoms with Crippen molar-refractivity contribution in [2.24, 2.45) is 0 Å². The zero-order valence-electron chi connectivity index (χ0n) is 12.8. The van der Waals surface area contributed by atoms with Gasteiger partial charge < -0.3 is 10.1 Å². The Labute approximate surface area is 113 Å². The van der Waals surface area contributed by atoms with E-state index >= 15 is 0 Å². The fraction of sp³-hybridized carbons (Fsp3) is 1.00. The third-order valence-electron chi connectivity index (χ3n) is 3.60. The molecule has 0 radical (unpaired) electrons. The Balaban J connectivity index is 2.03. The molecule has 1 heterocycles. The zero-order chi connectivity index (χ0) is 13.4. The van der Waals surface area contributed by atoms with Gasteiger partial charge in [-0.1, -0.05) is 13.3 Å². The molecule has 1 atom stereocenters. The molecule has 0 aromatic heterocycles. The van der Waals surface area contributed by atoms with E-state index in [9.17, 15) is 0 Å². The van der Waals surface area contributed by atoms with Gasteiger partial charge in [-0.15, -0.1) is 0 Å². The van der Waals surface area contributed by atoms with Gasteiger partial charge in [0, 0.05) is 18.1 Å². The Bertz CT molecular complexity index is 213. The molecule has 0 aromatic carbocycles. The number of morpholine rings is 1. The van der Waals surface area contributed by atoms with Crippen LogP contribution in [0.25, 0.3) is 0 Å². The van der Waals surface area contributed by atoms with Gasteiger partial charge >= 0.3 is 0 Å². The Morgan fingerprint density at radius 2 is 2.00 bits per heavy atom. The first-order valence-corrected chi connectivity index (χ1v) is 7.60. The minimum absolute atomic E-state index is 0.261. The van der Waals surface area contributed by atoms with Crippen LogP contribution in [0.4, 0.5) is 0 Å². The standard InChI is InChI=1S/C15H32N2O/c1-5-14-13-18-12-11-17(14)10-8-6-7-9-16-15(2,3)4/h14,16H,5-13H2,1-4H3. The van der Waals surface area contributed by atoms with Gasteiger partial charge in [0.05, 0.1) is 13.2 Å². The summed E-state index contributed by atoms with van der Waals surface area (Å²) in [6, 6.07) is 0.659. The van der Waals surface area contributed by atoms with Crippen molar-refractivity contribution in [2.75, 3.05) is 32.8 Å². The second kappa shape index (κ2) is 8.13. The Morgan fingerprint density at radius 3 is 2.67 bits per heavy atom. The molecule has 1 aliphatic heterocycles. The lowest BCUT2D eigenvalue weighted by molar-refractivity contribution is -0.00917. The molecule has 18 heavy (non-hydrogen) atoms. The molecule has 1 N–H and O–H groups in total. The third kappa shape index (κ3) is 6.72. The summed E-state index contributed by atoms with van der Waals surface area (Å²) in [6.07, 6.45) is 5.16. The van der Waals surface area contributed by atoms with E-state index in [1.807, 2.05) is 0 Å². The summed E-state index contributed by atoms with van der Waals surface area (Å²) in [4.78, 5) is 2.61. The predicted octanol–water partition coefficient (Wildman–Crippen LogP) is 2.66. The Morgan fingerprint density at radius 1 is 1.22 bits per heavy atom. The molecular weight excluding hydrogens is 224 g/mol. The molecule has 3 nitrogen and oxygen atoms in total. The summed E-state index contributed by atoms with van der Waals surface area (Å²) >= 11 is 0. The molecule has 1 unspecified atom stereocenters. The lowest BCUT2D eigenvalue weighted by Gasteiger charge is -2.35. The van der Waals surface area contributed by atoms with Gasteiger partial charge in [0.1, 0.15) is 0 Å². The number of nitrogens with one attached hydrogen (secondary N) is 1. The molecule has 0 bridgehead atoms. The highest BCUT2D eigenvalue weighted by molar-refractivity contribution is 4.74. The monoisotopic (exact) mass is 256 g/mol. The van der Waals surface area contributed by atoms with Crippen molar-refractivity contribution in [2.45, 2.75) is 65.0 Å². The van der Waals surface area contributed by atoms with Crippen LogP contribution in [0.15, 0.2) is 0 Å². The molecule has 1 fully saturated rings. The minimum Gasteiger partial charge on any atom is -0.378 e. The normalized spacial score (nSPS) is 22.3. The van der Waals surface area contributed by atoms with Gasteiger partial charge in [0.15, 0.2) is 0 Å². The molecule has 108 valence electrons. The first-order chi connectivity index (χ1) is 8.53. The van der Waals surface area contributed by atoms with E-state index in [2.05, 4.69) is 37.9 Å². The number of hydrogen-bond donors (Lipinski definition) is 1. The average molecular weight is 256 g/mol. The quantitative estimate of drug-likeness (QED) is 0.709. The van der Waals surface area contributed by atoms with E-state index in [0.29, 0.717) is 6.04 Å². The molecule has 0 aromatic rings. The van der Waals surface area contributed by atoms with Gasteiger partial charge in [0.2, 0.25) is 0 Å². The molecule has 0 spiro atoms. The van der Waals surface area contributed by atoms with E-state index in [1.54, 1.807) is 0 Å². The summed E-state index contributed by atoms with van der Waals surface area (Å²) in [5.74, 6) is 0. The number of ether oxygens (including phenoxy) is 1. The summed E-state index contributed by atoms with van der Waals surface area (Å²) in [7, 11) is 0. The SMILES string of the molecule is CCC1COCCN1CCCCCNC(C)(C)C. The van der Waals surface area contributed by atoms with Crippen LogP contribution in [0.3, 0.4) is 0 Å². The van der Waals surface area contributed by atoms with Crippen LogP contribution in [0.2, 0.25) is 0 Å². The molecule has 0 aliphatic carbocycles. The van der Waals surface area contributed by atoms with Gasteiger partial charge in [0.25, 0.3) is 0 Å². The lowest BCUT2D eigenvalue weighted by atomic mass is 10.1. The lowest BCUT2D eigenvalue weighted by Crippen LogP contribution is -2.45. The maximum atomic E-state index is 5.53. The molecule has 0 amide bonds. The second-order valence-electron chi connectivity index (χ2n) is 6.41. The summed E-state index contributed by atoms with van der Waals surface area (Å²) in [5, 5.41) is 3.55. The van der Waals surface area contributed by atoms with Crippen LogP contribution in [0.1, 0.15) is 53.4 Å². The van der Waals surface area contributed by atoms with Crippen molar-refractivity contribution >= 4 is 0 Å². The van der Waals surface area contributed by atoms with E-state index in [-0.39, 0.29) is 5.54 Å². The number of rotatable bonds is 7. The Kier molecular flexibility index (Phi) is 7.20. The average Bonchev–Trinajstić information content (AvgIpc) is 2.32. The molecule has 1 aliphatic rings. The van der Waals surface area contributed by atoms with Crippen LogP contribution < -0.4 is 5.32 Å². The molecule has 0 saturated carbocycles. The largest absolute Gasteiger partial charge is 0.378 e. The second-order valence-corrected chi connectivity index (χ2v) is 6.41. The van der Waals surface area contributed by atoms with Crippen molar-refractivity contribution in [3.63, 3.8) is 0 Å². The smallest absolute Gasteiger partial charge is 0.0622 e. The highest BCUT2D eigenvalue weighted by Crippen LogP contribution is 2.11. The molecule has 3 heteroatoms. The van der Waals surface area contributed by atoms with E-state index in [4.69, 9.17) is 4.74 Å². The first-order valence-electron chi connectivity index (χ1n) is 7.60. The van der Waals surface area contributed by atoms with Gasteiger partial charge in [-0.25, -0.2) is 0 Å². The van der Waals surface area contributed by atoms with Gasteiger partial charge in [-0.05, 0) is 53.1 Å². The number of nitrogens with zero attached hydrogens (tertiary/aromatic N) is 1.